The molecule has 2 rings (SSSR count). The summed E-state index contributed by atoms with van der Waals surface area (Å²) in [7, 11) is 1.56. The quantitative estimate of drug-likeness (QED) is 0.817. The van der Waals surface area contributed by atoms with Gasteiger partial charge in [0, 0.05) is 31.5 Å². The van der Waals surface area contributed by atoms with E-state index in [9.17, 15) is 14.7 Å². The number of aliphatic hydroxyl groups is 1. The summed E-state index contributed by atoms with van der Waals surface area (Å²) in [6.07, 6.45) is -0.375. The van der Waals surface area contributed by atoms with Crippen molar-refractivity contribution in [1.29, 1.82) is 0 Å². The van der Waals surface area contributed by atoms with Crippen LogP contribution in [0.3, 0.4) is 0 Å². The second-order valence-corrected chi connectivity index (χ2v) is 5.22. The van der Waals surface area contributed by atoms with Gasteiger partial charge < -0.3 is 19.5 Å². The van der Waals surface area contributed by atoms with Crippen molar-refractivity contribution >= 4 is 11.7 Å². The van der Waals surface area contributed by atoms with E-state index in [2.05, 4.69) is 0 Å². The Morgan fingerprint density at radius 1 is 1.32 bits per heavy atom. The highest BCUT2D eigenvalue weighted by Crippen LogP contribution is 2.14. The van der Waals surface area contributed by atoms with E-state index in [1.165, 1.54) is 0 Å². The highest BCUT2D eigenvalue weighted by molar-refractivity contribution is 5.98. The maximum absolute atomic E-state index is 12.1. The van der Waals surface area contributed by atoms with Crippen LogP contribution in [-0.4, -0.2) is 61.2 Å². The van der Waals surface area contributed by atoms with Gasteiger partial charge in [-0.15, -0.1) is 0 Å². The fourth-order valence-electron chi connectivity index (χ4n) is 2.32. The number of ketones is 1. The Morgan fingerprint density at radius 2 is 2.05 bits per heavy atom. The number of carbonyl (C=O) groups is 2. The number of hydrogen-bond acceptors (Lipinski definition) is 5. The molecule has 1 aliphatic heterocycles. The Hall–Kier alpha value is -1.92. The molecule has 1 aromatic carbocycles. The van der Waals surface area contributed by atoms with Crippen LogP contribution < -0.4 is 4.74 Å². The fraction of sp³-hybridized carbons (Fsp3) is 0.500. The lowest BCUT2D eigenvalue weighted by molar-refractivity contribution is -0.132. The van der Waals surface area contributed by atoms with Crippen LogP contribution in [0.5, 0.6) is 5.75 Å². The first-order valence-electron chi connectivity index (χ1n) is 7.31. The number of rotatable bonds is 5. The van der Waals surface area contributed by atoms with Gasteiger partial charge in [-0.2, -0.15) is 0 Å². The topological polar surface area (TPSA) is 76.1 Å². The third-order valence-corrected chi connectivity index (χ3v) is 3.58. The lowest BCUT2D eigenvalue weighted by Crippen LogP contribution is -2.37. The molecular weight excluding hydrogens is 286 g/mol. The van der Waals surface area contributed by atoms with Gasteiger partial charge in [-0.25, -0.2) is 0 Å². The van der Waals surface area contributed by atoms with E-state index in [0.29, 0.717) is 24.5 Å². The van der Waals surface area contributed by atoms with Gasteiger partial charge in [-0.05, 0) is 24.3 Å². The van der Waals surface area contributed by atoms with E-state index in [1.54, 1.807) is 36.3 Å². The molecule has 0 radical (unpaired) electrons. The molecule has 6 nitrogen and oxygen atoms in total. The van der Waals surface area contributed by atoms with E-state index in [4.69, 9.17) is 9.47 Å². The molecule has 1 heterocycles. The van der Waals surface area contributed by atoms with Gasteiger partial charge in [-0.1, -0.05) is 0 Å². The predicted octanol–water partition coefficient (Wildman–Crippen LogP) is 0.878. The molecule has 120 valence electrons. The highest BCUT2D eigenvalue weighted by atomic mass is 16.5. The smallest absolute Gasteiger partial charge is 0.223 e. The Bertz CT molecular complexity index is 514. The van der Waals surface area contributed by atoms with Crippen LogP contribution in [0, 0.1) is 0 Å². The number of Topliss-reactive ketones (excluding diaryl/α,β-unsaturated/α-hetero) is 1. The number of methoxy groups -OCH3 is 1. The first-order chi connectivity index (χ1) is 10.6. The lowest BCUT2D eigenvalue weighted by atomic mass is 10.1. The van der Waals surface area contributed by atoms with Crippen molar-refractivity contribution < 1.29 is 24.2 Å². The summed E-state index contributed by atoms with van der Waals surface area (Å²) in [5.41, 5.74) is 0.563. The molecule has 0 aliphatic carbocycles. The number of hydrogen-bond donors (Lipinski definition) is 1. The van der Waals surface area contributed by atoms with Gasteiger partial charge in [0.05, 0.1) is 26.4 Å². The summed E-state index contributed by atoms with van der Waals surface area (Å²) >= 11 is 0. The van der Waals surface area contributed by atoms with Crippen LogP contribution in [0.4, 0.5) is 0 Å². The van der Waals surface area contributed by atoms with E-state index in [-0.39, 0.29) is 37.7 Å². The average molecular weight is 307 g/mol. The molecule has 0 bridgehead atoms. The summed E-state index contributed by atoms with van der Waals surface area (Å²) in [6, 6.07) is 6.82. The van der Waals surface area contributed by atoms with Crippen molar-refractivity contribution in [2.75, 3.05) is 33.4 Å². The van der Waals surface area contributed by atoms with E-state index < -0.39 is 6.10 Å². The fourth-order valence-corrected chi connectivity index (χ4v) is 2.32. The van der Waals surface area contributed by atoms with Crippen molar-refractivity contribution in [2.24, 2.45) is 0 Å². The summed E-state index contributed by atoms with van der Waals surface area (Å²) < 4.78 is 10.2. The minimum Gasteiger partial charge on any atom is -0.497 e. The molecule has 1 fully saturated rings. The number of carbonyl (C=O) groups excluding carboxylic acids is 2. The molecule has 1 aromatic rings. The largest absolute Gasteiger partial charge is 0.497 e. The standard InChI is InChI=1S/C16H21NO5/c1-21-14-4-2-12(3-5-14)15(19)6-7-16(20)17-8-9-22-11-13(18)10-17/h2-5,13,18H,6-11H2,1H3/t13-/m1/s1. The molecule has 1 atom stereocenters. The van der Waals surface area contributed by atoms with Crippen LogP contribution in [0.15, 0.2) is 24.3 Å². The Labute approximate surface area is 129 Å². The molecule has 0 aromatic heterocycles. The normalized spacial score (nSPS) is 18.6. The third kappa shape index (κ3) is 4.54. The van der Waals surface area contributed by atoms with Crippen LogP contribution in [0.2, 0.25) is 0 Å². The number of ether oxygens (including phenoxy) is 2. The zero-order valence-corrected chi connectivity index (χ0v) is 12.7. The second kappa shape index (κ2) is 7.91. The maximum Gasteiger partial charge on any atom is 0.223 e. The number of β-amino-alcohol motifs (C(OH)–C–C–N with tert-alkyl or cyclic N) is 1. The van der Waals surface area contributed by atoms with Gasteiger partial charge in [0.15, 0.2) is 5.78 Å². The van der Waals surface area contributed by atoms with Crippen molar-refractivity contribution in [3.8, 4) is 5.75 Å². The molecule has 0 unspecified atom stereocenters. The van der Waals surface area contributed by atoms with Gasteiger partial charge in [-0.3, -0.25) is 9.59 Å². The van der Waals surface area contributed by atoms with E-state index in [0.717, 1.165) is 0 Å². The van der Waals surface area contributed by atoms with Gasteiger partial charge in [0.2, 0.25) is 5.91 Å². The van der Waals surface area contributed by atoms with Crippen molar-refractivity contribution in [1.82, 2.24) is 4.90 Å². The monoisotopic (exact) mass is 307 g/mol. The van der Waals surface area contributed by atoms with Gasteiger partial charge in [0.1, 0.15) is 5.75 Å². The number of nitrogens with zero attached hydrogens (tertiary/aromatic N) is 1. The number of benzene rings is 1. The molecular formula is C16H21NO5. The third-order valence-electron chi connectivity index (χ3n) is 3.58. The first-order valence-corrected chi connectivity index (χ1v) is 7.31. The van der Waals surface area contributed by atoms with Crippen molar-refractivity contribution in [3.63, 3.8) is 0 Å². The molecule has 1 N–H and O–H groups in total. The second-order valence-electron chi connectivity index (χ2n) is 5.22. The molecule has 6 heteroatoms. The van der Waals surface area contributed by atoms with Gasteiger partial charge >= 0.3 is 0 Å². The molecule has 1 amide bonds. The minimum atomic E-state index is -0.663. The van der Waals surface area contributed by atoms with Gasteiger partial charge in [0.25, 0.3) is 0 Å². The Balaban J connectivity index is 1.85. The van der Waals surface area contributed by atoms with E-state index in [1.807, 2.05) is 0 Å². The summed E-state index contributed by atoms with van der Waals surface area (Å²) in [6.45, 7) is 1.37. The van der Waals surface area contributed by atoms with Crippen molar-refractivity contribution in [2.45, 2.75) is 18.9 Å². The minimum absolute atomic E-state index is 0.0809. The summed E-state index contributed by atoms with van der Waals surface area (Å²) in [5, 5.41) is 9.62. The summed E-state index contributed by atoms with van der Waals surface area (Å²) in [4.78, 5) is 25.8. The molecule has 22 heavy (non-hydrogen) atoms. The first kappa shape index (κ1) is 16.5. The van der Waals surface area contributed by atoms with E-state index >= 15 is 0 Å². The lowest BCUT2D eigenvalue weighted by Gasteiger charge is -2.21. The Kier molecular flexibility index (Phi) is 5.91. The predicted molar refractivity (Wildman–Crippen MR) is 80.0 cm³/mol. The molecule has 1 saturated heterocycles. The highest BCUT2D eigenvalue weighted by Gasteiger charge is 2.21. The number of aliphatic hydroxyl groups excluding tert-OH is 1. The molecule has 0 spiro atoms. The van der Waals surface area contributed by atoms with Crippen molar-refractivity contribution in [3.05, 3.63) is 29.8 Å². The number of amides is 1. The van der Waals surface area contributed by atoms with Crippen LogP contribution in [0.1, 0.15) is 23.2 Å². The zero-order valence-electron chi connectivity index (χ0n) is 12.7. The summed E-state index contributed by atoms with van der Waals surface area (Å²) in [5.74, 6) is 0.472. The SMILES string of the molecule is COc1ccc(C(=O)CCC(=O)N2CCOC[C@H](O)C2)cc1. The van der Waals surface area contributed by atoms with Crippen LogP contribution >= 0.6 is 0 Å². The molecule has 0 saturated carbocycles. The zero-order chi connectivity index (χ0) is 15.9. The maximum atomic E-state index is 12.1. The average Bonchev–Trinajstić information content (AvgIpc) is 2.77. The van der Waals surface area contributed by atoms with Crippen LogP contribution in [-0.2, 0) is 9.53 Å². The Morgan fingerprint density at radius 3 is 2.73 bits per heavy atom. The van der Waals surface area contributed by atoms with Crippen LogP contribution in [0.25, 0.3) is 0 Å². The molecule has 1 aliphatic rings.